The molecule has 0 saturated heterocycles. The third kappa shape index (κ3) is 5.43. The lowest BCUT2D eigenvalue weighted by Crippen LogP contribution is -2.32. The van der Waals surface area contributed by atoms with Crippen LogP contribution in [0.15, 0.2) is 23.3 Å². The lowest BCUT2D eigenvalue weighted by atomic mass is 10.2. The highest BCUT2D eigenvalue weighted by Gasteiger charge is 2.11. The number of alkyl halides is 2. The third-order valence-electron chi connectivity index (χ3n) is 2.09. The van der Waals surface area contributed by atoms with Gasteiger partial charge >= 0.3 is 18.4 Å². The molecule has 0 aliphatic carbocycles. The van der Waals surface area contributed by atoms with Crippen molar-refractivity contribution >= 4 is 18.0 Å². The molecule has 0 aliphatic rings. The van der Waals surface area contributed by atoms with Crippen LogP contribution in [0.4, 0.5) is 8.78 Å². The van der Waals surface area contributed by atoms with E-state index in [2.05, 4.69) is 9.84 Å². The molecular formula is C12H13F2N3O4. The van der Waals surface area contributed by atoms with E-state index in [1.54, 1.807) is 6.92 Å². The van der Waals surface area contributed by atoms with Gasteiger partial charge in [0, 0.05) is 0 Å². The zero-order valence-electron chi connectivity index (χ0n) is 11.0. The number of rotatable bonds is 6. The van der Waals surface area contributed by atoms with Crippen molar-refractivity contribution < 1.29 is 27.8 Å². The summed E-state index contributed by atoms with van der Waals surface area (Å²) in [4.78, 5) is 21.3. The van der Waals surface area contributed by atoms with Gasteiger partial charge in [0.2, 0.25) is 0 Å². The highest BCUT2D eigenvalue weighted by atomic mass is 19.3. The molecule has 3 N–H and O–H groups in total. The van der Waals surface area contributed by atoms with E-state index >= 15 is 0 Å². The number of hydrazone groups is 1. The van der Waals surface area contributed by atoms with Gasteiger partial charge in [-0.3, -0.25) is 9.59 Å². The van der Waals surface area contributed by atoms with Crippen LogP contribution in [0.25, 0.3) is 0 Å². The molecule has 9 heteroatoms. The number of ether oxygens (including phenoxy) is 2. The van der Waals surface area contributed by atoms with Crippen molar-refractivity contribution in [3.63, 3.8) is 0 Å². The fourth-order valence-corrected chi connectivity index (χ4v) is 1.29. The normalized spacial score (nSPS) is 10.7. The molecule has 2 amide bonds. The van der Waals surface area contributed by atoms with Gasteiger partial charge in [0.15, 0.2) is 11.5 Å². The maximum Gasteiger partial charge on any atom is 0.387 e. The SMILES string of the molecule is CCOc1cc(/C=N\NC(=O)C(N)=O)ccc1OC(F)F. The number of primary amides is 1. The summed E-state index contributed by atoms with van der Waals surface area (Å²) in [6.07, 6.45) is 1.19. The zero-order chi connectivity index (χ0) is 15.8. The van der Waals surface area contributed by atoms with Gasteiger partial charge in [-0.2, -0.15) is 13.9 Å². The average molecular weight is 301 g/mol. The standard InChI is InChI=1S/C12H13F2N3O4/c1-2-20-9-5-7(3-4-8(9)21-12(13)14)6-16-17-11(19)10(15)18/h3-6,12H,2H2,1H3,(H2,15,18)(H,17,19)/b16-6-. The van der Waals surface area contributed by atoms with E-state index < -0.39 is 18.4 Å². The lowest BCUT2D eigenvalue weighted by molar-refractivity contribution is -0.137. The number of carbonyl (C=O) groups excluding carboxylic acids is 2. The molecule has 1 aromatic carbocycles. The van der Waals surface area contributed by atoms with Gasteiger partial charge in [-0.1, -0.05) is 0 Å². The van der Waals surface area contributed by atoms with Crippen LogP contribution in [0.5, 0.6) is 11.5 Å². The van der Waals surface area contributed by atoms with Crippen LogP contribution in [0.2, 0.25) is 0 Å². The van der Waals surface area contributed by atoms with E-state index in [4.69, 9.17) is 10.5 Å². The predicted molar refractivity (Wildman–Crippen MR) is 69.2 cm³/mol. The molecule has 0 radical (unpaired) electrons. The number of benzene rings is 1. The average Bonchev–Trinajstić information content (AvgIpc) is 2.41. The Morgan fingerprint density at radius 3 is 2.71 bits per heavy atom. The van der Waals surface area contributed by atoms with Crippen LogP contribution in [0, 0.1) is 0 Å². The molecule has 0 spiro atoms. The summed E-state index contributed by atoms with van der Waals surface area (Å²) >= 11 is 0. The van der Waals surface area contributed by atoms with E-state index in [0.717, 1.165) is 0 Å². The van der Waals surface area contributed by atoms with Crippen molar-refractivity contribution in [2.45, 2.75) is 13.5 Å². The molecule has 0 saturated carbocycles. The van der Waals surface area contributed by atoms with Gasteiger partial charge in [0.25, 0.3) is 0 Å². The molecule has 21 heavy (non-hydrogen) atoms. The molecule has 1 rings (SSSR count). The molecule has 7 nitrogen and oxygen atoms in total. The van der Waals surface area contributed by atoms with Crippen LogP contribution in [0.3, 0.4) is 0 Å². The summed E-state index contributed by atoms with van der Waals surface area (Å²) in [7, 11) is 0. The summed E-state index contributed by atoms with van der Waals surface area (Å²) < 4.78 is 33.9. The maximum atomic E-state index is 12.2. The Kier molecular flexibility index (Phi) is 6.05. The smallest absolute Gasteiger partial charge is 0.387 e. The summed E-state index contributed by atoms with van der Waals surface area (Å²) in [5.41, 5.74) is 7.04. The summed E-state index contributed by atoms with van der Waals surface area (Å²) in [6, 6.07) is 4.08. The largest absolute Gasteiger partial charge is 0.490 e. The van der Waals surface area contributed by atoms with Crippen LogP contribution >= 0.6 is 0 Å². The molecule has 0 fully saturated rings. The second kappa shape index (κ2) is 7.78. The first kappa shape index (κ1) is 16.3. The number of nitrogens with one attached hydrogen (secondary N) is 1. The minimum atomic E-state index is -2.97. The van der Waals surface area contributed by atoms with Crippen molar-refractivity contribution in [3.8, 4) is 11.5 Å². The van der Waals surface area contributed by atoms with Gasteiger partial charge in [-0.25, -0.2) is 5.43 Å². The minimum absolute atomic E-state index is 0.1000. The van der Waals surface area contributed by atoms with Crippen molar-refractivity contribution in [1.29, 1.82) is 0 Å². The monoisotopic (exact) mass is 301 g/mol. The second-order valence-electron chi connectivity index (χ2n) is 3.58. The molecule has 0 aliphatic heterocycles. The Morgan fingerprint density at radius 2 is 2.14 bits per heavy atom. The molecule has 0 bridgehead atoms. The lowest BCUT2D eigenvalue weighted by Gasteiger charge is -2.11. The summed E-state index contributed by atoms with van der Waals surface area (Å²) in [6.45, 7) is -1.04. The van der Waals surface area contributed by atoms with E-state index in [9.17, 15) is 18.4 Å². The van der Waals surface area contributed by atoms with Crippen molar-refractivity contribution in [1.82, 2.24) is 5.43 Å². The van der Waals surface area contributed by atoms with Crippen molar-refractivity contribution in [2.75, 3.05) is 6.61 Å². The van der Waals surface area contributed by atoms with Crippen LogP contribution in [0.1, 0.15) is 12.5 Å². The molecule has 0 heterocycles. The number of carbonyl (C=O) groups is 2. The van der Waals surface area contributed by atoms with Crippen LogP contribution in [-0.2, 0) is 9.59 Å². The number of halogens is 2. The Hall–Kier alpha value is -2.71. The number of amides is 2. The van der Waals surface area contributed by atoms with Gasteiger partial charge in [-0.05, 0) is 30.7 Å². The molecular weight excluding hydrogens is 288 g/mol. The number of hydrogen-bond acceptors (Lipinski definition) is 5. The quantitative estimate of drug-likeness (QED) is 0.457. The number of nitrogens with two attached hydrogens (primary N) is 1. The van der Waals surface area contributed by atoms with Gasteiger partial charge < -0.3 is 15.2 Å². The maximum absolute atomic E-state index is 12.2. The van der Waals surface area contributed by atoms with E-state index in [-0.39, 0.29) is 18.1 Å². The Balaban J connectivity index is 2.84. The first-order chi connectivity index (χ1) is 9.93. The number of nitrogens with zero attached hydrogens (tertiary/aromatic N) is 1. The molecule has 0 atom stereocenters. The van der Waals surface area contributed by atoms with Gasteiger partial charge in [0.1, 0.15) is 0 Å². The van der Waals surface area contributed by atoms with Crippen molar-refractivity contribution in [2.24, 2.45) is 10.8 Å². The van der Waals surface area contributed by atoms with Gasteiger partial charge in [0.05, 0.1) is 12.8 Å². The highest BCUT2D eigenvalue weighted by Crippen LogP contribution is 2.29. The fourth-order valence-electron chi connectivity index (χ4n) is 1.29. The molecule has 0 unspecified atom stereocenters. The first-order valence-electron chi connectivity index (χ1n) is 5.78. The van der Waals surface area contributed by atoms with Crippen LogP contribution < -0.4 is 20.6 Å². The Morgan fingerprint density at radius 1 is 1.43 bits per heavy atom. The van der Waals surface area contributed by atoms with E-state index in [1.807, 2.05) is 5.43 Å². The Bertz CT molecular complexity index is 549. The minimum Gasteiger partial charge on any atom is -0.490 e. The van der Waals surface area contributed by atoms with Crippen molar-refractivity contribution in [3.05, 3.63) is 23.8 Å². The van der Waals surface area contributed by atoms with Crippen LogP contribution in [-0.4, -0.2) is 31.2 Å². The molecule has 1 aromatic rings. The molecule has 0 aromatic heterocycles. The van der Waals surface area contributed by atoms with E-state index in [0.29, 0.717) is 5.56 Å². The van der Waals surface area contributed by atoms with Gasteiger partial charge in [-0.15, -0.1) is 0 Å². The second-order valence-corrected chi connectivity index (χ2v) is 3.58. The molecule has 114 valence electrons. The summed E-state index contributed by atoms with van der Waals surface area (Å²) in [5.74, 6) is -2.27. The predicted octanol–water partition coefficient (Wildman–Crippen LogP) is 0.622. The first-order valence-corrected chi connectivity index (χ1v) is 5.78. The zero-order valence-corrected chi connectivity index (χ0v) is 11.0. The highest BCUT2D eigenvalue weighted by molar-refractivity contribution is 6.34. The summed E-state index contributed by atoms with van der Waals surface area (Å²) in [5, 5.41) is 3.48. The fraction of sp³-hybridized carbons (Fsp3) is 0.250. The van der Waals surface area contributed by atoms with E-state index in [1.165, 1.54) is 24.4 Å². The number of hydrogen-bond donors (Lipinski definition) is 2. The Labute approximate surface area is 118 Å². The third-order valence-corrected chi connectivity index (χ3v) is 2.09. The topological polar surface area (TPSA) is 103 Å².